The minimum absolute atomic E-state index is 0.0169. The number of nitrogens with zero attached hydrogens (tertiary/aromatic N) is 2. The smallest absolute Gasteiger partial charge is 0.243 e. The lowest BCUT2D eigenvalue weighted by molar-refractivity contribution is -0.245. The van der Waals surface area contributed by atoms with Gasteiger partial charge in [-0.05, 0) is 36.1 Å². The van der Waals surface area contributed by atoms with Crippen molar-refractivity contribution < 1.29 is 29.4 Å². The van der Waals surface area contributed by atoms with Gasteiger partial charge in [0.25, 0.3) is 0 Å². The molecule has 0 spiro atoms. The zero-order chi connectivity index (χ0) is 27.6. The minimum Gasteiger partial charge on any atom is -0.392 e. The topological polar surface area (TPSA) is 135 Å². The summed E-state index contributed by atoms with van der Waals surface area (Å²) < 4.78 is 14.8. The number of imidazole rings is 1. The van der Waals surface area contributed by atoms with E-state index in [2.05, 4.69) is 10.3 Å². The fraction of sp³-hybridized carbons (Fsp3) is 0.393. The zero-order valence-corrected chi connectivity index (χ0v) is 22.6. The predicted octanol–water partition coefficient (Wildman–Crippen LogP) is 4.25. The van der Waals surface area contributed by atoms with Crippen molar-refractivity contribution in [1.29, 1.82) is 0 Å². The first-order valence-corrected chi connectivity index (χ1v) is 13.9. The number of anilines is 1. The molecule has 4 rings (SSSR count). The van der Waals surface area contributed by atoms with Crippen LogP contribution in [0.5, 0.6) is 0 Å². The van der Waals surface area contributed by atoms with E-state index in [-0.39, 0.29) is 37.6 Å². The maximum Gasteiger partial charge on any atom is 0.243 e. The minimum atomic E-state index is -0.637. The molecule has 1 aliphatic rings. The Balaban J connectivity index is 1.43. The number of carbonyl (C=O) groups is 2. The first-order valence-electron chi connectivity index (χ1n) is 12.9. The second-order valence-electron chi connectivity index (χ2n) is 9.40. The number of aromatic nitrogens is 2. The second kappa shape index (κ2) is 14.2. The summed E-state index contributed by atoms with van der Waals surface area (Å²) >= 11 is 1.63. The Morgan fingerprint density at radius 3 is 2.54 bits per heavy atom. The van der Waals surface area contributed by atoms with Gasteiger partial charge in [-0.25, -0.2) is 10.5 Å². The number of aliphatic hydroxyl groups excluding tert-OH is 1. The molecular formula is C28H34N4O6S. The number of aryl methyl sites for hydroxylation is 1. The Morgan fingerprint density at radius 2 is 1.85 bits per heavy atom. The molecule has 0 saturated carbocycles. The quantitative estimate of drug-likeness (QED) is 0.113. The molecule has 2 aromatic carbocycles. The molecule has 1 aliphatic heterocycles. The van der Waals surface area contributed by atoms with E-state index < -0.39 is 12.2 Å². The van der Waals surface area contributed by atoms with Crippen LogP contribution in [0.1, 0.15) is 61.2 Å². The van der Waals surface area contributed by atoms with E-state index in [4.69, 9.17) is 14.7 Å². The van der Waals surface area contributed by atoms with Gasteiger partial charge in [-0.15, -0.1) is 0 Å². The lowest BCUT2D eigenvalue weighted by Crippen LogP contribution is -2.31. The van der Waals surface area contributed by atoms with E-state index in [0.29, 0.717) is 30.7 Å². The average Bonchev–Trinajstić information content (AvgIpc) is 3.38. The molecule has 208 valence electrons. The van der Waals surface area contributed by atoms with E-state index in [1.807, 2.05) is 66.3 Å². The summed E-state index contributed by atoms with van der Waals surface area (Å²) in [6, 6.07) is 15.2. The first kappa shape index (κ1) is 28.8. The summed E-state index contributed by atoms with van der Waals surface area (Å²) in [5, 5.41) is 21.8. The largest absolute Gasteiger partial charge is 0.392 e. The molecule has 1 aromatic heterocycles. The number of benzene rings is 2. The third-order valence-electron chi connectivity index (χ3n) is 6.42. The summed E-state index contributed by atoms with van der Waals surface area (Å²) in [6.07, 6.45) is 4.85. The van der Waals surface area contributed by atoms with Crippen molar-refractivity contribution in [2.24, 2.45) is 7.05 Å². The van der Waals surface area contributed by atoms with Gasteiger partial charge in [0, 0.05) is 55.7 Å². The van der Waals surface area contributed by atoms with Crippen LogP contribution in [0.2, 0.25) is 0 Å². The molecule has 4 N–H and O–H groups in total. The van der Waals surface area contributed by atoms with Crippen LogP contribution in [0.4, 0.5) is 5.69 Å². The van der Waals surface area contributed by atoms with E-state index >= 15 is 0 Å². The summed E-state index contributed by atoms with van der Waals surface area (Å²) in [7, 11) is 1.96. The van der Waals surface area contributed by atoms with Gasteiger partial charge in [0.05, 0.1) is 18.8 Å². The number of hydrogen-bond donors (Lipinski definition) is 4. The van der Waals surface area contributed by atoms with Crippen molar-refractivity contribution in [2.75, 3.05) is 11.1 Å². The number of hydrogen-bond acceptors (Lipinski definition) is 8. The van der Waals surface area contributed by atoms with E-state index in [1.165, 1.54) is 0 Å². The van der Waals surface area contributed by atoms with Crippen LogP contribution in [0.25, 0.3) is 0 Å². The highest BCUT2D eigenvalue weighted by atomic mass is 32.2. The Hall–Kier alpha value is -3.22. The molecule has 1 fully saturated rings. The van der Waals surface area contributed by atoms with Gasteiger partial charge in [-0.1, -0.05) is 48.2 Å². The van der Waals surface area contributed by atoms with Crippen molar-refractivity contribution >= 4 is 29.3 Å². The molecule has 39 heavy (non-hydrogen) atoms. The second-order valence-corrected chi connectivity index (χ2v) is 10.4. The van der Waals surface area contributed by atoms with Crippen molar-refractivity contribution in [3.05, 3.63) is 77.6 Å². The zero-order valence-electron chi connectivity index (χ0n) is 21.8. The predicted molar refractivity (Wildman–Crippen MR) is 146 cm³/mol. The van der Waals surface area contributed by atoms with E-state index in [0.717, 1.165) is 21.8 Å². The summed E-state index contributed by atoms with van der Waals surface area (Å²) in [4.78, 5) is 27.9. The van der Waals surface area contributed by atoms with Crippen molar-refractivity contribution in [2.45, 2.75) is 62.4 Å². The number of amides is 2. The first-order chi connectivity index (χ1) is 18.9. The Morgan fingerprint density at radius 1 is 1.08 bits per heavy atom. The molecule has 2 amide bonds. The molecule has 2 heterocycles. The number of hydroxylamine groups is 1. The molecular weight excluding hydrogens is 520 g/mol. The third kappa shape index (κ3) is 8.38. The molecule has 11 heteroatoms. The van der Waals surface area contributed by atoms with Crippen molar-refractivity contribution in [3.8, 4) is 0 Å². The van der Waals surface area contributed by atoms with Gasteiger partial charge in [-0.2, -0.15) is 0 Å². The van der Waals surface area contributed by atoms with Gasteiger partial charge in [0.1, 0.15) is 0 Å². The summed E-state index contributed by atoms with van der Waals surface area (Å²) in [5.74, 6) is 0.0730. The van der Waals surface area contributed by atoms with Crippen LogP contribution >= 0.6 is 11.8 Å². The molecule has 1 saturated heterocycles. The average molecular weight is 555 g/mol. The molecule has 0 aliphatic carbocycles. The highest BCUT2D eigenvalue weighted by Gasteiger charge is 2.32. The third-order valence-corrected chi connectivity index (χ3v) is 7.61. The Bertz CT molecular complexity index is 1230. The monoisotopic (exact) mass is 554 g/mol. The number of unbranched alkanes of at least 4 members (excludes halogenated alkanes) is 1. The molecule has 3 aromatic rings. The van der Waals surface area contributed by atoms with Crippen LogP contribution in [0, 0.1) is 0 Å². The number of rotatable bonds is 12. The van der Waals surface area contributed by atoms with Gasteiger partial charge < -0.3 is 24.5 Å². The summed E-state index contributed by atoms with van der Waals surface area (Å²) in [6.45, 7) is -0.0169. The molecule has 10 nitrogen and oxygen atoms in total. The number of thioether (sulfide) groups is 1. The highest BCUT2D eigenvalue weighted by Crippen LogP contribution is 2.39. The van der Waals surface area contributed by atoms with Crippen LogP contribution in [-0.4, -0.2) is 43.5 Å². The Kier molecular flexibility index (Phi) is 10.5. The Labute approximate surface area is 231 Å². The maximum atomic E-state index is 12.4. The molecule has 0 radical (unpaired) electrons. The molecule has 3 atom stereocenters. The van der Waals surface area contributed by atoms with Crippen LogP contribution < -0.4 is 10.8 Å². The number of nitrogens with one attached hydrogen (secondary N) is 2. The standard InChI is InChI=1S/C28H34N4O6S/c1-32-14-13-29-28(32)39-18-23-16-24(20-11-9-19(17-33)10-12-20)38-27(37-23)21-5-4-6-22(15-21)30-25(34)7-2-3-8-26(35)31-36/h4-6,9-15,23-24,27,33,36H,2-3,7-8,16-18H2,1H3,(H,30,34)(H,31,35)/t23-,24+,27+/m0/s1. The van der Waals surface area contributed by atoms with Crippen molar-refractivity contribution in [3.63, 3.8) is 0 Å². The van der Waals surface area contributed by atoms with Gasteiger partial charge >= 0.3 is 0 Å². The fourth-order valence-corrected chi connectivity index (χ4v) is 5.24. The van der Waals surface area contributed by atoms with Crippen LogP contribution in [0.15, 0.2) is 66.1 Å². The van der Waals surface area contributed by atoms with Gasteiger partial charge in [0.2, 0.25) is 11.8 Å². The van der Waals surface area contributed by atoms with Gasteiger partial charge in [-0.3, -0.25) is 14.8 Å². The lowest BCUT2D eigenvalue weighted by atomic mass is 10.0. The lowest BCUT2D eigenvalue weighted by Gasteiger charge is -2.36. The fourth-order valence-electron chi connectivity index (χ4n) is 4.29. The molecule has 0 bridgehead atoms. The maximum absolute atomic E-state index is 12.4. The van der Waals surface area contributed by atoms with Crippen LogP contribution in [-0.2, 0) is 32.7 Å². The molecule has 0 unspecified atom stereocenters. The summed E-state index contributed by atoms with van der Waals surface area (Å²) in [5.41, 5.74) is 4.85. The van der Waals surface area contributed by atoms with Gasteiger partial charge in [0.15, 0.2) is 11.4 Å². The number of carbonyl (C=O) groups excluding carboxylic acids is 2. The number of aliphatic hydroxyl groups is 1. The van der Waals surface area contributed by atoms with E-state index in [9.17, 15) is 14.7 Å². The number of ether oxygens (including phenoxy) is 2. The highest BCUT2D eigenvalue weighted by molar-refractivity contribution is 7.99. The van der Waals surface area contributed by atoms with Crippen molar-refractivity contribution in [1.82, 2.24) is 15.0 Å². The normalized spacial score (nSPS) is 19.0. The van der Waals surface area contributed by atoms with E-state index in [1.54, 1.807) is 23.4 Å². The SMILES string of the molecule is Cn1ccnc1SC[C@@H]1C[C@H](c2ccc(CO)cc2)O[C@H](c2cccc(NC(=O)CCCCC(=O)NO)c2)O1. The van der Waals surface area contributed by atoms with Crippen LogP contribution in [0.3, 0.4) is 0 Å².